The van der Waals surface area contributed by atoms with Gasteiger partial charge in [0.25, 0.3) is 0 Å². The van der Waals surface area contributed by atoms with Gasteiger partial charge in [-0.2, -0.15) is 0 Å². The summed E-state index contributed by atoms with van der Waals surface area (Å²) >= 11 is 0. The van der Waals surface area contributed by atoms with Gasteiger partial charge in [-0.25, -0.2) is 0 Å². The molecule has 104 valence electrons. The second-order valence-electron chi connectivity index (χ2n) is 5.47. The molecule has 3 nitrogen and oxygen atoms in total. The van der Waals surface area contributed by atoms with Crippen LogP contribution in [-0.4, -0.2) is 5.11 Å². The molecule has 21 heavy (non-hydrogen) atoms. The van der Waals surface area contributed by atoms with E-state index in [-0.39, 0.29) is 6.17 Å². The van der Waals surface area contributed by atoms with Crippen LogP contribution in [0.2, 0.25) is 0 Å². The van der Waals surface area contributed by atoms with Crippen LogP contribution in [0.25, 0.3) is 10.8 Å². The second kappa shape index (κ2) is 4.42. The van der Waals surface area contributed by atoms with Crippen LogP contribution in [0.3, 0.4) is 0 Å². The van der Waals surface area contributed by atoms with Gasteiger partial charge >= 0.3 is 0 Å². The first-order valence-corrected chi connectivity index (χ1v) is 7.07. The van der Waals surface area contributed by atoms with E-state index in [2.05, 4.69) is 47.0 Å². The Kier molecular flexibility index (Phi) is 2.54. The first kappa shape index (κ1) is 12.1. The summed E-state index contributed by atoms with van der Waals surface area (Å²) in [5.74, 6) is 0.301. The minimum absolute atomic E-state index is 0.00565. The molecule has 0 unspecified atom stereocenters. The first-order chi connectivity index (χ1) is 10.2. The Morgan fingerprint density at radius 1 is 0.905 bits per heavy atom. The summed E-state index contributed by atoms with van der Waals surface area (Å²) in [6.45, 7) is 2.01. The molecule has 4 rings (SSSR count). The second-order valence-corrected chi connectivity index (χ2v) is 5.47. The topological polar surface area (TPSA) is 44.3 Å². The monoisotopic (exact) mass is 276 g/mol. The van der Waals surface area contributed by atoms with E-state index in [1.165, 1.54) is 10.8 Å². The van der Waals surface area contributed by atoms with Gasteiger partial charge in [-0.05, 0) is 47.7 Å². The summed E-state index contributed by atoms with van der Waals surface area (Å²) in [5.41, 5.74) is 4.48. The van der Waals surface area contributed by atoms with Crippen molar-refractivity contribution >= 4 is 22.1 Å². The number of rotatable bonds is 1. The molecular formula is C18H16N2O. The highest BCUT2D eigenvalue weighted by Crippen LogP contribution is 2.39. The van der Waals surface area contributed by atoms with E-state index in [1.807, 2.05) is 13.0 Å². The molecule has 3 aromatic rings. The first-order valence-electron chi connectivity index (χ1n) is 7.07. The molecule has 0 saturated heterocycles. The highest BCUT2D eigenvalue weighted by atomic mass is 16.3. The van der Waals surface area contributed by atoms with Crippen molar-refractivity contribution in [1.29, 1.82) is 0 Å². The van der Waals surface area contributed by atoms with E-state index < -0.39 is 0 Å². The number of nitrogens with one attached hydrogen (secondary N) is 2. The highest BCUT2D eigenvalue weighted by molar-refractivity contribution is 6.04. The zero-order chi connectivity index (χ0) is 14.4. The van der Waals surface area contributed by atoms with Crippen LogP contribution in [-0.2, 0) is 0 Å². The standard InChI is InChI=1S/C18H16N2O/c1-11-10-13(21)8-9-14(11)18-19-15-6-2-4-12-5-3-7-16(20-18)17(12)15/h2-10,18-21H,1H3. The molecule has 1 aliphatic heterocycles. The lowest BCUT2D eigenvalue weighted by molar-refractivity contribution is 0.474. The van der Waals surface area contributed by atoms with Crippen LogP contribution in [0.4, 0.5) is 11.4 Å². The Balaban J connectivity index is 1.83. The van der Waals surface area contributed by atoms with Crippen LogP contribution in [0.5, 0.6) is 5.75 Å². The van der Waals surface area contributed by atoms with Gasteiger partial charge in [0, 0.05) is 16.8 Å². The number of phenolic OH excluding ortho intramolecular Hbond substituents is 1. The maximum absolute atomic E-state index is 9.58. The Morgan fingerprint density at radius 3 is 2.19 bits per heavy atom. The summed E-state index contributed by atoms with van der Waals surface area (Å²) in [6, 6.07) is 18.1. The number of benzene rings is 3. The SMILES string of the molecule is Cc1cc(O)ccc1C1Nc2cccc3cccc(c23)N1. The third-order valence-electron chi connectivity index (χ3n) is 4.07. The maximum atomic E-state index is 9.58. The van der Waals surface area contributed by atoms with E-state index in [4.69, 9.17) is 0 Å². The molecule has 0 bridgehead atoms. The molecule has 0 spiro atoms. The zero-order valence-electron chi connectivity index (χ0n) is 11.7. The van der Waals surface area contributed by atoms with Gasteiger partial charge in [0.1, 0.15) is 11.9 Å². The summed E-state index contributed by atoms with van der Waals surface area (Å²) in [6.07, 6.45) is 0.00565. The Hall–Kier alpha value is -2.68. The normalized spacial score (nSPS) is 13.8. The van der Waals surface area contributed by atoms with Crippen molar-refractivity contribution < 1.29 is 5.11 Å². The highest BCUT2D eigenvalue weighted by Gasteiger charge is 2.21. The van der Waals surface area contributed by atoms with Gasteiger partial charge in [0.05, 0.1) is 0 Å². The lowest BCUT2D eigenvalue weighted by Gasteiger charge is -2.30. The number of hydrogen-bond donors (Lipinski definition) is 3. The van der Waals surface area contributed by atoms with Crippen LogP contribution in [0.1, 0.15) is 17.3 Å². The molecule has 0 amide bonds. The van der Waals surface area contributed by atoms with Crippen LogP contribution in [0, 0.1) is 6.92 Å². The third kappa shape index (κ3) is 1.89. The van der Waals surface area contributed by atoms with Crippen molar-refractivity contribution in [2.24, 2.45) is 0 Å². The van der Waals surface area contributed by atoms with E-state index in [0.717, 1.165) is 22.5 Å². The fraction of sp³-hybridized carbons (Fsp3) is 0.111. The van der Waals surface area contributed by atoms with Crippen molar-refractivity contribution in [2.45, 2.75) is 13.1 Å². The molecule has 0 fully saturated rings. The molecule has 0 saturated carbocycles. The molecular weight excluding hydrogens is 260 g/mol. The fourth-order valence-corrected chi connectivity index (χ4v) is 3.07. The van der Waals surface area contributed by atoms with Crippen molar-refractivity contribution in [1.82, 2.24) is 0 Å². The Bertz CT molecular complexity index is 801. The van der Waals surface area contributed by atoms with Gasteiger partial charge in [0.15, 0.2) is 0 Å². The van der Waals surface area contributed by atoms with E-state index in [0.29, 0.717) is 5.75 Å². The number of phenols is 1. The minimum atomic E-state index is 0.00565. The molecule has 3 heteroatoms. The van der Waals surface area contributed by atoms with Crippen LogP contribution >= 0.6 is 0 Å². The maximum Gasteiger partial charge on any atom is 0.123 e. The van der Waals surface area contributed by atoms with Gasteiger partial charge in [0.2, 0.25) is 0 Å². The molecule has 0 aromatic heterocycles. The van der Waals surface area contributed by atoms with E-state index >= 15 is 0 Å². The summed E-state index contributed by atoms with van der Waals surface area (Å²) in [7, 11) is 0. The molecule has 0 atom stereocenters. The number of anilines is 2. The average Bonchev–Trinajstić information content (AvgIpc) is 2.47. The quantitative estimate of drug-likeness (QED) is 0.617. The Morgan fingerprint density at radius 2 is 1.57 bits per heavy atom. The summed E-state index contributed by atoms with van der Waals surface area (Å²) < 4.78 is 0. The third-order valence-corrected chi connectivity index (χ3v) is 4.07. The van der Waals surface area contributed by atoms with Crippen molar-refractivity contribution in [3.05, 3.63) is 65.7 Å². The molecule has 0 radical (unpaired) electrons. The van der Waals surface area contributed by atoms with Crippen LogP contribution < -0.4 is 10.6 Å². The molecule has 3 N–H and O–H groups in total. The fourth-order valence-electron chi connectivity index (χ4n) is 3.07. The van der Waals surface area contributed by atoms with E-state index in [1.54, 1.807) is 12.1 Å². The molecule has 1 heterocycles. The predicted octanol–water partition coefficient (Wildman–Crippen LogP) is 4.39. The van der Waals surface area contributed by atoms with E-state index in [9.17, 15) is 5.11 Å². The van der Waals surface area contributed by atoms with Crippen molar-refractivity contribution in [3.8, 4) is 5.75 Å². The van der Waals surface area contributed by atoms with Gasteiger partial charge in [-0.3, -0.25) is 0 Å². The molecule has 1 aliphatic rings. The average molecular weight is 276 g/mol. The minimum Gasteiger partial charge on any atom is -0.508 e. The van der Waals surface area contributed by atoms with Gasteiger partial charge < -0.3 is 15.7 Å². The number of aromatic hydroxyl groups is 1. The predicted molar refractivity (Wildman–Crippen MR) is 86.8 cm³/mol. The lowest BCUT2D eigenvalue weighted by Crippen LogP contribution is -2.24. The zero-order valence-corrected chi connectivity index (χ0v) is 11.7. The summed E-state index contributed by atoms with van der Waals surface area (Å²) in [4.78, 5) is 0. The lowest BCUT2D eigenvalue weighted by atomic mass is 10.00. The van der Waals surface area contributed by atoms with Crippen molar-refractivity contribution in [3.63, 3.8) is 0 Å². The Labute approximate surface area is 123 Å². The molecule has 0 aliphatic carbocycles. The summed E-state index contributed by atoms with van der Waals surface area (Å²) in [5, 5.41) is 19.1. The smallest absolute Gasteiger partial charge is 0.123 e. The largest absolute Gasteiger partial charge is 0.508 e. The van der Waals surface area contributed by atoms with Gasteiger partial charge in [-0.15, -0.1) is 0 Å². The van der Waals surface area contributed by atoms with Crippen LogP contribution in [0.15, 0.2) is 54.6 Å². The van der Waals surface area contributed by atoms with Gasteiger partial charge in [-0.1, -0.05) is 30.3 Å². The number of hydrogen-bond acceptors (Lipinski definition) is 3. The van der Waals surface area contributed by atoms with Crippen molar-refractivity contribution in [2.75, 3.05) is 10.6 Å². The molecule has 3 aromatic carbocycles. The number of aryl methyl sites for hydroxylation is 1.